The van der Waals surface area contributed by atoms with E-state index in [0.717, 1.165) is 10.9 Å². The van der Waals surface area contributed by atoms with Crippen molar-refractivity contribution in [2.45, 2.75) is 13.3 Å². The van der Waals surface area contributed by atoms with Crippen molar-refractivity contribution >= 4 is 39.7 Å². The highest BCUT2D eigenvalue weighted by Crippen LogP contribution is 2.21. The molecule has 2 rings (SSSR count). The Balaban J connectivity index is 2.31. The maximum Gasteiger partial charge on any atom is 0.234 e. The molecule has 1 heterocycles. The van der Waals surface area contributed by atoms with Gasteiger partial charge in [-0.3, -0.25) is 9.78 Å². The van der Waals surface area contributed by atoms with Crippen molar-refractivity contribution in [3.8, 4) is 0 Å². The summed E-state index contributed by atoms with van der Waals surface area (Å²) in [5, 5.41) is 3.82. The fourth-order valence-electron chi connectivity index (χ4n) is 1.94. The molecular formula is C14H15N3OS. The Morgan fingerprint density at radius 3 is 2.84 bits per heavy atom. The Labute approximate surface area is 117 Å². The summed E-state index contributed by atoms with van der Waals surface area (Å²) in [6.07, 6.45) is 2.28. The van der Waals surface area contributed by atoms with E-state index in [0.29, 0.717) is 12.1 Å². The molecule has 98 valence electrons. The van der Waals surface area contributed by atoms with Gasteiger partial charge in [0.1, 0.15) is 0 Å². The van der Waals surface area contributed by atoms with Crippen molar-refractivity contribution < 1.29 is 4.79 Å². The Bertz CT molecular complexity index is 622. The molecule has 1 unspecified atom stereocenters. The van der Waals surface area contributed by atoms with Crippen molar-refractivity contribution in [1.29, 1.82) is 0 Å². The van der Waals surface area contributed by atoms with Crippen LogP contribution in [0.15, 0.2) is 36.5 Å². The molecule has 0 saturated heterocycles. The first-order valence-corrected chi connectivity index (χ1v) is 6.48. The van der Waals surface area contributed by atoms with Crippen molar-refractivity contribution in [2.75, 3.05) is 5.32 Å². The van der Waals surface area contributed by atoms with Gasteiger partial charge in [-0.15, -0.1) is 0 Å². The zero-order chi connectivity index (χ0) is 13.8. The molecule has 4 nitrogen and oxygen atoms in total. The zero-order valence-electron chi connectivity index (χ0n) is 10.6. The number of hydrogen-bond donors (Lipinski definition) is 2. The molecule has 0 saturated carbocycles. The topological polar surface area (TPSA) is 68.0 Å². The van der Waals surface area contributed by atoms with Crippen LogP contribution < -0.4 is 11.1 Å². The van der Waals surface area contributed by atoms with Crippen LogP contribution in [-0.4, -0.2) is 15.9 Å². The Morgan fingerprint density at radius 2 is 2.16 bits per heavy atom. The van der Waals surface area contributed by atoms with Crippen LogP contribution in [0.5, 0.6) is 0 Å². The van der Waals surface area contributed by atoms with Crippen LogP contribution in [0.4, 0.5) is 5.69 Å². The van der Waals surface area contributed by atoms with E-state index in [2.05, 4.69) is 10.3 Å². The van der Waals surface area contributed by atoms with E-state index in [9.17, 15) is 4.79 Å². The summed E-state index contributed by atoms with van der Waals surface area (Å²) < 4.78 is 0. The smallest absolute Gasteiger partial charge is 0.234 e. The minimum Gasteiger partial charge on any atom is -0.393 e. The van der Waals surface area contributed by atoms with Crippen LogP contribution >= 0.6 is 12.2 Å². The van der Waals surface area contributed by atoms with Crippen molar-refractivity contribution in [2.24, 2.45) is 11.7 Å². The largest absolute Gasteiger partial charge is 0.393 e. The summed E-state index contributed by atoms with van der Waals surface area (Å²) in [5.41, 5.74) is 7.01. The second-order valence-corrected chi connectivity index (χ2v) is 4.70. The van der Waals surface area contributed by atoms with E-state index in [1.165, 1.54) is 0 Å². The van der Waals surface area contributed by atoms with Gasteiger partial charge in [-0.2, -0.15) is 0 Å². The van der Waals surface area contributed by atoms with Crippen LogP contribution in [0.25, 0.3) is 10.9 Å². The molecule has 0 bridgehead atoms. The average molecular weight is 273 g/mol. The highest BCUT2D eigenvalue weighted by atomic mass is 32.1. The molecule has 3 N–H and O–H groups in total. The lowest BCUT2D eigenvalue weighted by Crippen LogP contribution is -2.32. The first-order chi connectivity index (χ1) is 9.13. The molecule has 0 radical (unpaired) electrons. The lowest BCUT2D eigenvalue weighted by atomic mass is 10.1. The van der Waals surface area contributed by atoms with E-state index in [4.69, 9.17) is 18.0 Å². The SMILES string of the molecule is CCC(C(=O)Nc1cccc2cccnc12)C(N)=S. The minimum absolute atomic E-state index is 0.187. The van der Waals surface area contributed by atoms with Gasteiger partial charge in [-0.1, -0.05) is 37.3 Å². The summed E-state index contributed by atoms with van der Waals surface area (Å²) in [4.78, 5) is 16.6. The van der Waals surface area contributed by atoms with E-state index < -0.39 is 5.92 Å². The quantitative estimate of drug-likeness (QED) is 0.840. The molecule has 1 aromatic heterocycles. The normalized spacial score (nSPS) is 12.1. The molecule has 2 aromatic rings. The van der Waals surface area contributed by atoms with Gasteiger partial charge >= 0.3 is 0 Å². The van der Waals surface area contributed by atoms with Crippen molar-refractivity contribution in [1.82, 2.24) is 4.98 Å². The highest BCUT2D eigenvalue weighted by molar-refractivity contribution is 7.80. The number of aromatic nitrogens is 1. The summed E-state index contributed by atoms with van der Waals surface area (Å²) >= 11 is 4.91. The number of nitrogens with zero attached hydrogens (tertiary/aromatic N) is 1. The highest BCUT2D eigenvalue weighted by Gasteiger charge is 2.19. The Morgan fingerprint density at radius 1 is 1.42 bits per heavy atom. The molecule has 19 heavy (non-hydrogen) atoms. The van der Waals surface area contributed by atoms with Crippen LogP contribution in [0.3, 0.4) is 0 Å². The third-order valence-corrected chi connectivity index (χ3v) is 3.24. The van der Waals surface area contributed by atoms with Crippen LogP contribution in [-0.2, 0) is 4.79 Å². The second kappa shape index (κ2) is 5.75. The molecule has 0 aliphatic rings. The van der Waals surface area contributed by atoms with Gasteiger partial charge in [-0.25, -0.2) is 0 Å². The first kappa shape index (κ1) is 13.4. The third kappa shape index (κ3) is 2.88. The zero-order valence-corrected chi connectivity index (χ0v) is 11.4. The average Bonchev–Trinajstić information content (AvgIpc) is 2.39. The first-order valence-electron chi connectivity index (χ1n) is 6.07. The molecule has 1 atom stereocenters. The molecule has 1 amide bonds. The molecule has 0 fully saturated rings. The number of carbonyl (C=O) groups excluding carboxylic acids is 1. The Hall–Kier alpha value is -2.01. The van der Waals surface area contributed by atoms with Crippen LogP contribution in [0, 0.1) is 5.92 Å². The number of hydrogen-bond acceptors (Lipinski definition) is 3. The molecule has 1 aromatic carbocycles. The van der Waals surface area contributed by atoms with E-state index in [1.54, 1.807) is 6.20 Å². The maximum atomic E-state index is 12.1. The van der Waals surface area contributed by atoms with Gasteiger partial charge in [0.05, 0.1) is 22.1 Å². The minimum atomic E-state index is -0.450. The number of fused-ring (bicyclic) bond motifs is 1. The number of pyridine rings is 1. The Kier molecular flexibility index (Phi) is 4.06. The van der Waals surface area contributed by atoms with E-state index in [1.807, 2.05) is 37.3 Å². The maximum absolute atomic E-state index is 12.1. The van der Waals surface area contributed by atoms with Gasteiger partial charge in [0.2, 0.25) is 5.91 Å². The van der Waals surface area contributed by atoms with Gasteiger partial charge in [0.25, 0.3) is 0 Å². The van der Waals surface area contributed by atoms with E-state index >= 15 is 0 Å². The number of nitrogens with one attached hydrogen (secondary N) is 1. The van der Waals surface area contributed by atoms with Crippen LogP contribution in [0.1, 0.15) is 13.3 Å². The predicted octanol–water partition coefficient (Wildman–Crippen LogP) is 2.49. The van der Waals surface area contributed by atoms with Crippen molar-refractivity contribution in [3.63, 3.8) is 0 Å². The summed E-state index contributed by atoms with van der Waals surface area (Å²) in [6.45, 7) is 1.88. The number of nitrogens with two attached hydrogens (primary N) is 1. The van der Waals surface area contributed by atoms with Gasteiger partial charge in [-0.05, 0) is 18.6 Å². The monoisotopic (exact) mass is 273 g/mol. The molecule has 5 heteroatoms. The van der Waals surface area contributed by atoms with Gasteiger partial charge in [0, 0.05) is 11.6 Å². The fraction of sp³-hybridized carbons (Fsp3) is 0.214. The number of para-hydroxylation sites is 1. The van der Waals surface area contributed by atoms with Gasteiger partial charge in [0.15, 0.2) is 0 Å². The number of amides is 1. The van der Waals surface area contributed by atoms with Crippen molar-refractivity contribution in [3.05, 3.63) is 36.5 Å². The second-order valence-electron chi connectivity index (χ2n) is 4.23. The lowest BCUT2D eigenvalue weighted by molar-refractivity contribution is -0.118. The standard InChI is InChI=1S/C14H15N3OS/c1-2-10(13(15)19)14(18)17-11-7-3-5-9-6-4-8-16-12(9)11/h3-8,10H,2H2,1H3,(H2,15,19)(H,17,18). The summed E-state index contributed by atoms with van der Waals surface area (Å²) in [7, 11) is 0. The molecular weight excluding hydrogens is 258 g/mol. The lowest BCUT2D eigenvalue weighted by Gasteiger charge is -2.14. The molecule has 0 spiro atoms. The number of thiocarbonyl (C=S) groups is 1. The number of benzene rings is 1. The predicted molar refractivity (Wildman–Crippen MR) is 80.9 cm³/mol. The fourth-order valence-corrected chi connectivity index (χ4v) is 2.21. The van der Waals surface area contributed by atoms with E-state index in [-0.39, 0.29) is 10.9 Å². The number of anilines is 1. The molecule has 0 aliphatic carbocycles. The summed E-state index contributed by atoms with van der Waals surface area (Å²) in [6, 6.07) is 9.45. The number of carbonyl (C=O) groups is 1. The van der Waals surface area contributed by atoms with Crippen LogP contribution in [0.2, 0.25) is 0 Å². The van der Waals surface area contributed by atoms with Gasteiger partial charge < -0.3 is 11.1 Å². The summed E-state index contributed by atoms with van der Waals surface area (Å²) in [5.74, 6) is -0.637. The third-order valence-electron chi connectivity index (χ3n) is 2.96. The number of rotatable bonds is 4. The molecule has 0 aliphatic heterocycles.